The fraction of sp³-hybridized carbons (Fsp3) is 0.267. The lowest BCUT2D eigenvalue weighted by Crippen LogP contribution is -2.27. The fourth-order valence-corrected chi connectivity index (χ4v) is 9.00. The molecule has 0 atom stereocenters. The third-order valence-corrected chi connectivity index (χ3v) is 11.5. The summed E-state index contributed by atoms with van der Waals surface area (Å²) in [6.07, 6.45) is 4.92. The van der Waals surface area contributed by atoms with E-state index in [-0.39, 0.29) is 27.1 Å². The molecule has 16 nitrogen and oxygen atoms in total. The predicted octanol–water partition coefficient (Wildman–Crippen LogP) is 4.26. The van der Waals surface area contributed by atoms with E-state index in [1.807, 2.05) is 12.1 Å². The van der Waals surface area contributed by atoms with E-state index in [2.05, 4.69) is 25.3 Å². The Balaban J connectivity index is 1.60. The molecule has 256 valence electrons. The molecule has 3 aromatic heterocycles. The molecule has 5 N–H and O–H groups in total. The van der Waals surface area contributed by atoms with Gasteiger partial charge in [0, 0.05) is 29.2 Å². The van der Waals surface area contributed by atoms with E-state index in [1.54, 1.807) is 19.1 Å². The standard InChI is InChI=1S/C30H32N9O7PS2/c1-21-26-12-27(43-10-2-8-35-18-33)28(44-11-3-9-36-19-34)13-29(26)48-30(21)49(41,42)39-20-47(40,45-24-6-4-22(14-31)37-16-24)46-25-7-5-23(15-32)38-17-25/h4-7,12-13,16-19,39H,2-3,8-11,20H2,1H3,(H2,33,35)(H2,34,36). The molecule has 0 amide bonds. The zero-order chi connectivity index (χ0) is 35.3. The van der Waals surface area contributed by atoms with Gasteiger partial charge in [-0.05, 0) is 55.7 Å². The Labute approximate surface area is 286 Å². The number of hydrogen-bond acceptors (Lipinski definition) is 14. The second kappa shape index (κ2) is 17.2. The first-order valence-corrected chi connectivity index (χ1v) is 18.6. The van der Waals surface area contributed by atoms with Gasteiger partial charge in [0.1, 0.15) is 45.5 Å². The lowest BCUT2D eigenvalue weighted by Gasteiger charge is -2.20. The summed E-state index contributed by atoms with van der Waals surface area (Å²) in [5, 5.41) is 38.5. The highest BCUT2D eigenvalue weighted by Crippen LogP contribution is 2.48. The predicted molar refractivity (Wildman–Crippen MR) is 182 cm³/mol. The Hall–Kier alpha value is -5.26. The Kier molecular flexibility index (Phi) is 12.9. The van der Waals surface area contributed by atoms with Gasteiger partial charge in [-0.3, -0.25) is 10.8 Å². The summed E-state index contributed by atoms with van der Waals surface area (Å²) in [5.41, 5.74) is 0.595. The van der Waals surface area contributed by atoms with Gasteiger partial charge < -0.3 is 29.2 Å². The van der Waals surface area contributed by atoms with Gasteiger partial charge in [0.05, 0.1) is 38.3 Å². The zero-order valence-corrected chi connectivity index (χ0v) is 28.7. The topological polar surface area (TPSA) is 245 Å². The maximum atomic E-state index is 14.0. The van der Waals surface area contributed by atoms with Crippen LogP contribution in [0.3, 0.4) is 0 Å². The molecule has 4 aromatic rings. The van der Waals surface area contributed by atoms with E-state index in [4.69, 9.17) is 39.9 Å². The summed E-state index contributed by atoms with van der Waals surface area (Å²) in [5.74, 6) is 0.754. The van der Waals surface area contributed by atoms with Crippen LogP contribution in [0.2, 0.25) is 0 Å². The largest absolute Gasteiger partial charge is 0.490 e. The number of benzene rings is 1. The smallest absolute Gasteiger partial charge is 0.445 e. The minimum absolute atomic E-state index is 0.0385. The molecule has 0 aliphatic carbocycles. The second-order valence-electron chi connectivity index (χ2n) is 9.99. The molecule has 49 heavy (non-hydrogen) atoms. The molecule has 4 rings (SSSR count). The van der Waals surface area contributed by atoms with Crippen LogP contribution in [0.5, 0.6) is 23.0 Å². The quantitative estimate of drug-likeness (QED) is 0.0370. The molecular weight excluding hydrogens is 693 g/mol. The van der Waals surface area contributed by atoms with E-state index >= 15 is 0 Å². The normalized spacial score (nSPS) is 11.2. The van der Waals surface area contributed by atoms with Gasteiger partial charge in [-0.15, -0.1) is 11.3 Å². The maximum absolute atomic E-state index is 14.0. The molecule has 0 bridgehead atoms. The molecule has 1 aromatic carbocycles. The third-order valence-electron chi connectivity index (χ3n) is 6.49. The van der Waals surface area contributed by atoms with Gasteiger partial charge in [-0.2, -0.15) is 15.2 Å². The van der Waals surface area contributed by atoms with E-state index < -0.39 is 23.9 Å². The number of pyridine rings is 2. The number of nitrogens with one attached hydrogen (secondary N) is 5. The zero-order valence-electron chi connectivity index (χ0n) is 26.1. The maximum Gasteiger partial charge on any atom is 0.445 e. The number of hydrogen-bond donors (Lipinski definition) is 5. The van der Waals surface area contributed by atoms with Gasteiger partial charge in [-0.1, -0.05) is 0 Å². The second-order valence-corrected chi connectivity index (χ2v) is 14.9. The minimum Gasteiger partial charge on any atom is -0.490 e. The number of nitrogens with zero attached hydrogens (tertiary/aromatic N) is 4. The van der Waals surface area contributed by atoms with Crippen LogP contribution in [0.15, 0.2) is 53.0 Å². The first kappa shape index (κ1) is 36.6. The highest BCUT2D eigenvalue weighted by Gasteiger charge is 2.33. The van der Waals surface area contributed by atoms with Crippen LogP contribution in [-0.2, 0) is 14.6 Å². The molecule has 0 fully saturated rings. The van der Waals surface area contributed by atoms with Crippen LogP contribution in [0.1, 0.15) is 29.8 Å². The number of ether oxygens (including phenoxy) is 2. The van der Waals surface area contributed by atoms with Crippen LogP contribution in [0.25, 0.3) is 10.1 Å². The van der Waals surface area contributed by atoms with E-state index in [0.29, 0.717) is 66.3 Å². The number of nitriles is 2. The number of aryl methyl sites for hydroxylation is 1. The van der Waals surface area contributed by atoms with Crippen molar-refractivity contribution in [3.05, 3.63) is 65.7 Å². The van der Waals surface area contributed by atoms with Crippen molar-refractivity contribution in [1.82, 2.24) is 25.3 Å². The Bertz CT molecular complexity index is 1950. The van der Waals surface area contributed by atoms with Crippen molar-refractivity contribution in [2.24, 2.45) is 0 Å². The van der Waals surface area contributed by atoms with E-state index in [1.165, 1.54) is 24.3 Å². The highest BCUT2D eigenvalue weighted by atomic mass is 32.2. The molecule has 0 unspecified atom stereocenters. The number of fused-ring (bicyclic) bond motifs is 1. The molecule has 0 aliphatic heterocycles. The van der Waals surface area contributed by atoms with Crippen molar-refractivity contribution in [2.45, 2.75) is 24.0 Å². The first-order chi connectivity index (χ1) is 23.6. The summed E-state index contributed by atoms with van der Waals surface area (Å²) in [4.78, 5) is 7.78. The molecular formula is C30H32N9O7PS2. The van der Waals surface area contributed by atoms with Gasteiger partial charge in [0.2, 0.25) is 0 Å². The van der Waals surface area contributed by atoms with Crippen LogP contribution in [-0.4, -0.2) is 63.7 Å². The summed E-state index contributed by atoms with van der Waals surface area (Å²) < 4.78 is 67.5. The van der Waals surface area contributed by atoms with Crippen LogP contribution < -0.4 is 33.9 Å². The van der Waals surface area contributed by atoms with Gasteiger partial charge in [-0.25, -0.2) is 23.0 Å². The highest BCUT2D eigenvalue weighted by molar-refractivity contribution is 7.92. The van der Waals surface area contributed by atoms with Crippen molar-refractivity contribution < 1.29 is 31.5 Å². The number of sulfonamides is 1. The van der Waals surface area contributed by atoms with Crippen molar-refractivity contribution >= 4 is 51.7 Å². The molecule has 0 radical (unpaired) electrons. The summed E-state index contributed by atoms with van der Waals surface area (Å²) in [6, 6.07) is 12.5. The van der Waals surface area contributed by atoms with Gasteiger partial charge in [0.15, 0.2) is 11.5 Å². The Morgan fingerprint density at radius 3 is 1.90 bits per heavy atom. The van der Waals surface area contributed by atoms with E-state index in [0.717, 1.165) is 36.4 Å². The summed E-state index contributed by atoms with van der Waals surface area (Å²) in [6.45, 7) is 3.33. The van der Waals surface area contributed by atoms with E-state index in [9.17, 15) is 13.0 Å². The fourth-order valence-electron chi connectivity index (χ4n) is 4.18. The number of thiophene rings is 1. The Morgan fingerprint density at radius 2 is 1.43 bits per heavy atom. The summed E-state index contributed by atoms with van der Waals surface area (Å²) >= 11 is 0.987. The molecule has 0 spiro atoms. The number of rotatable bonds is 20. The third kappa shape index (κ3) is 10.1. The van der Waals surface area contributed by atoms with Crippen molar-refractivity contribution in [3.63, 3.8) is 0 Å². The van der Waals surface area contributed by atoms with Gasteiger partial charge >= 0.3 is 7.60 Å². The number of aromatic nitrogens is 2. The molecule has 19 heteroatoms. The first-order valence-electron chi connectivity index (χ1n) is 14.6. The molecule has 0 aliphatic rings. The summed E-state index contributed by atoms with van der Waals surface area (Å²) in [7, 11) is -8.64. The lowest BCUT2D eigenvalue weighted by molar-refractivity contribution is 0.264. The Morgan fingerprint density at radius 1 is 0.898 bits per heavy atom. The molecule has 0 saturated carbocycles. The average molecular weight is 726 g/mol. The van der Waals surface area contributed by atoms with Gasteiger partial charge in [0.25, 0.3) is 10.0 Å². The monoisotopic (exact) mass is 725 g/mol. The van der Waals surface area contributed by atoms with Crippen LogP contribution in [0, 0.1) is 40.4 Å². The van der Waals surface area contributed by atoms with Crippen molar-refractivity contribution in [3.8, 4) is 35.1 Å². The minimum atomic E-state index is -4.34. The molecule has 3 heterocycles. The SMILES string of the molecule is Cc1c(S(=O)(=O)NCP(=O)(Oc2ccc(C#N)nc2)Oc2ccc(C#N)nc2)sc2cc(OCCCNC=N)c(OCCCNC=N)cc12. The van der Waals surface area contributed by atoms with Crippen LogP contribution >= 0.6 is 18.9 Å². The molecule has 0 saturated heterocycles. The van der Waals surface area contributed by atoms with Crippen molar-refractivity contribution in [2.75, 3.05) is 32.6 Å². The van der Waals surface area contributed by atoms with Crippen molar-refractivity contribution in [1.29, 1.82) is 21.3 Å². The lowest BCUT2D eigenvalue weighted by atomic mass is 10.2. The van der Waals surface area contributed by atoms with Crippen LogP contribution in [0.4, 0.5) is 0 Å². The average Bonchev–Trinajstić information content (AvgIpc) is 3.43.